The van der Waals surface area contributed by atoms with Crippen LogP contribution in [0, 0.1) is 10.1 Å². The molecule has 0 aliphatic rings. The van der Waals surface area contributed by atoms with E-state index < -0.39 is 11.0 Å². The lowest BCUT2D eigenvalue weighted by molar-refractivity contribution is -0.384. The second-order valence-corrected chi connectivity index (χ2v) is 4.98. The first-order chi connectivity index (χ1) is 12.5. The van der Waals surface area contributed by atoms with Gasteiger partial charge in [-0.3, -0.25) is 10.1 Å². The van der Waals surface area contributed by atoms with Gasteiger partial charge in [-0.05, 0) is 41.5 Å². The average molecular weight is 359 g/mol. The van der Waals surface area contributed by atoms with Crippen molar-refractivity contribution in [3.63, 3.8) is 0 Å². The molecule has 0 aromatic heterocycles. The maximum Gasteiger partial charge on any atom is 0.427 e. The molecule has 26 heavy (non-hydrogen) atoms. The van der Waals surface area contributed by atoms with Crippen LogP contribution in [0.2, 0.25) is 0 Å². The number of hydrogen-bond donors (Lipinski definition) is 1. The minimum Gasteiger partial charge on any atom is -0.493 e. The second kappa shape index (κ2) is 9.02. The first-order valence-corrected chi connectivity index (χ1v) is 7.44. The van der Waals surface area contributed by atoms with Crippen molar-refractivity contribution in [2.75, 3.05) is 14.2 Å². The van der Waals surface area contributed by atoms with Crippen molar-refractivity contribution in [1.29, 1.82) is 0 Å². The number of carbonyl (C=O) groups is 1. The van der Waals surface area contributed by atoms with Gasteiger partial charge in [-0.2, -0.15) is 5.10 Å². The van der Waals surface area contributed by atoms with Crippen molar-refractivity contribution in [3.05, 3.63) is 63.7 Å². The summed E-state index contributed by atoms with van der Waals surface area (Å²) in [5.74, 6) is 0.984. The Hall–Kier alpha value is -3.62. The number of benzene rings is 2. The minimum absolute atomic E-state index is 0.0163. The Morgan fingerprint density at radius 1 is 1.19 bits per heavy atom. The van der Waals surface area contributed by atoms with E-state index in [0.717, 1.165) is 5.56 Å². The first-order valence-electron chi connectivity index (χ1n) is 7.44. The molecular weight excluding hydrogens is 342 g/mol. The number of nitro benzene ring substituents is 1. The van der Waals surface area contributed by atoms with E-state index in [9.17, 15) is 14.9 Å². The zero-order chi connectivity index (χ0) is 18.9. The Balaban J connectivity index is 2.07. The van der Waals surface area contributed by atoms with Gasteiger partial charge in [-0.1, -0.05) is 0 Å². The van der Waals surface area contributed by atoms with Crippen LogP contribution in [0.3, 0.4) is 0 Å². The first kappa shape index (κ1) is 18.7. The maximum absolute atomic E-state index is 11.0. The summed E-state index contributed by atoms with van der Waals surface area (Å²) in [6, 6.07) is 11.2. The molecule has 0 saturated heterocycles. The summed E-state index contributed by atoms with van der Waals surface area (Å²) in [6.45, 7) is 0.204. The van der Waals surface area contributed by atoms with Gasteiger partial charge in [0.1, 0.15) is 6.61 Å². The molecule has 2 aromatic rings. The van der Waals surface area contributed by atoms with Crippen LogP contribution in [0.4, 0.5) is 10.5 Å². The number of ether oxygens (including phenoxy) is 3. The van der Waals surface area contributed by atoms with Crippen LogP contribution in [-0.2, 0) is 11.3 Å². The normalized spacial score (nSPS) is 10.4. The molecule has 0 atom stereocenters. The van der Waals surface area contributed by atoms with Crippen LogP contribution in [0.1, 0.15) is 11.1 Å². The fourth-order valence-corrected chi connectivity index (χ4v) is 1.97. The van der Waals surface area contributed by atoms with E-state index in [-0.39, 0.29) is 12.3 Å². The second-order valence-electron chi connectivity index (χ2n) is 4.98. The number of carbonyl (C=O) groups excluding carboxylic acids is 1. The molecule has 0 saturated carbocycles. The smallest absolute Gasteiger partial charge is 0.427 e. The summed E-state index contributed by atoms with van der Waals surface area (Å²) in [6.07, 6.45) is 0.749. The Bertz CT molecular complexity index is 805. The zero-order valence-corrected chi connectivity index (χ0v) is 14.2. The van der Waals surface area contributed by atoms with E-state index in [0.29, 0.717) is 17.1 Å². The van der Waals surface area contributed by atoms with E-state index in [4.69, 9.17) is 9.47 Å². The van der Waals surface area contributed by atoms with E-state index in [2.05, 4.69) is 15.3 Å². The highest BCUT2D eigenvalue weighted by Crippen LogP contribution is 2.28. The monoisotopic (exact) mass is 359 g/mol. The van der Waals surface area contributed by atoms with Gasteiger partial charge in [0.05, 0.1) is 25.4 Å². The van der Waals surface area contributed by atoms with E-state index in [1.165, 1.54) is 32.6 Å². The average Bonchev–Trinajstić information content (AvgIpc) is 2.66. The number of hydrazone groups is 1. The fraction of sp³-hybridized carbons (Fsp3) is 0.176. The van der Waals surface area contributed by atoms with Crippen LogP contribution in [-0.4, -0.2) is 31.5 Å². The lowest BCUT2D eigenvalue weighted by Gasteiger charge is -2.11. The topological polar surface area (TPSA) is 112 Å². The van der Waals surface area contributed by atoms with Crippen LogP contribution >= 0.6 is 0 Å². The number of hydrogen-bond acceptors (Lipinski definition) is 7. The predicted octanol–water partition coefficient (Wildman–Crippen LogP) is 2.87. The number of nitrogens with one attached hydrogen (secondary N) is 1. The van der Waals surface area contributed by atoms with Crippen LogP contribution in [0.15, 0.2) is 47.6 Å². The van der Waals surface area contributed by atoms with E-state index >= 15 is 0 Å². The number of nitro groups is 1. The van der Waals surface area contributed by atoms with E-state index in [1.54, 1.807) is 30.3 Å². The largest absolute Gasteiger partial charge is 0.493 e. The molecule has 0 aliphatic carbocycles. The van der Waals surface area contributed by atoms with E-state index in [1.807, 2.05) is 0 Å². The highest BCUT2D eigenvalue weighted by atomic mass is 16.6. The Morgan fingerprint density at radius 2 is 1.92 bits per heavy atom. The third-order valence-electron chi connectivity index (χ3n) is 3.28. The quantitative estimate of drug-likeness (QED) is 0.462. The van der Waals surface area contributed by atoms with Gasteiger partial charge in [0.15, 0.2) is 11.5 Å². The van der Waals surface area contributed by atoms with Gasteiger partial charge < -0.3 is 14.2 Å². The molecular formula is C17H17N3O6. The molecule has 2 rings (SSSR count). The van der Waals surface area contributed by atoms with Gasteiger partial charge in [-0.15, -0.1) is 0 Å². The van der Waals surface area contributed by atoms with Crippen molar-refractivity contribution in [2.24, 2.45) is 5.10 Å². The lowest BCUT2D eigenvalue weighted by atomic mass is 10.2. The molecule has 1 N–H and O–H groups in total. The molecule has 9 nitrogen and oxygen atoms in total. The Morgan fingerprint density at radius 3 is 2.54 bits per heavy atom. The maximum atomic E-state index is 11.0. The zero-order valence-electron chi connectivity index (χ0n) is 14.2. The molecule has 0 radical (unpaired) electrons. The minimum atomic E-state index is -0.676. The van der Waals surface area contributed by atoms with Gasteiger partial charge >= 0.3 is 6.09 Å². The highest BCUT2D eigenvalue weighted by molar-refractivity contribution is 5.82. The summed E-state index contributed by atoms with van der Waals surface area (Å²) in [7, 11) is 2.75. The van der Waals surface area contributed by atoms with Crippen molar-refractivity contribution in [3.8, 4) is 11.5 Å². The van der Waals surface area contributed by atoms with Crippen molar-refractivity contribution < 1.29 is 23.9 Å². The standard InChI is InChI=1S/C17H17N3O6/c1-24-15-8-5-13(10-18-19-17(21)25-2)9-16(15)26-11-12-3-6-14(7-4-12)20(22)23/h3-10H,11H2,1-2H3,(H,19,21)/b18-10-. The number of amides is 1. The lowest BCUT2D eigenvalue weighted by Crippen LogP contribution is -2.16. The molecule has 1 amide bonds. The van der Waals surface area contributed by atoms with Crippen molar-refractivity contribution in [1.82, 2.24) is 5.43 Å². The molecule has 0 spiro atoms. The summed E-state index contributed by atoms with van der Waals surface area (Å²) < 4.78 is 15.4. The van der Waals surface area contributed by atoms with Gasteiger partial charge in [0, 0.05) is 12.1 Å². The van der Waals surface area contributed by atoms with Crippen molar-refractivity contribution >= 4 is 18.0 Å². The van der Waals surface area contributed by atoms with Crippen LogP contribution in [0.5, 0.6) is 11.5 Å². The molecule has 0 bridgehead atoms. The summed E-state index contributed by atoms with van der Waals surface area (Å²) >= 11 is 0. The third kappa shape index (κ3) is 5.20. The number of non-ortho nitro benzene ring substituents is 1. The van der Waals surface area contributed by atoms with Crippen LogP contribution in [0.25, 0.3) is 0 Å². The molecule has 2 aromatic carbocycles. The number of rotatable bonds is 7. The molecule has 136 valence electrons. The van der Waals surface area contributed by atoms with Gasteiger partial charge in [-0.25, -0.2) is 10.2 Å². The molecule has 0 unspecified atom stereocenters. The SMILES string of the molecule is COC(=O)N/N=C\c1ccc(OC)c(OCc2ccc([N+](=O)[O-])cc2)c1. The molecule has 0 heterocycles. The highest BCUT2D eigenvalue weighted by Gasteiger charge is 2.08. The van der Waals surface area contributed by atoms with Gasteiger partial charge in [0.25, 0.3) is 5.69 Å². The number of methoxy groups -OCH3 is 2. The third-order valence-corrected chi connectivity index (χ3v) is 3.28. The molecule has 9 heteroatoms. The summed E-state index contributed by atoms with van der Waals surface area (Å²) in [5.41, 5.74) is 3.63. The molecule has 0 fully saturated rings. The van der Waals surface area contributed by atoms with Gasteiger partial charge in [0.2, 0.25) is 0 Å². The Kier molecular flexibility index (Phi) is 6.49. The fourth-order valence-electron chi connectivity index (χ4n) is 1.97. The number of nitrogens with zero attached hydrogens (tertiary/aromatic N) is 2. The molecule has 0 aliphatic heterocycles. The van der Waals surface area contributed by atoms with Crippen LogP contribution < -0.4 is 14.9 Å². The summed E-state index contributed by atoms with van der Waals surface area (Å²) in [5, 5.41) is 14.4. The Labute approximate surface area is 149 Å². The summed E-state index contributed by atoms with van der Waals surface area (Å²) in [4.78, 5) is 21.2. The predicted molar refractivity (Wildman–Crippen MR) is 93.6 cm³/mol. The van der Waals surface area contributed by atoms with Crippen molar-refractivity contribution in [2.45, 2.75) is 6.61 Å².